The van der Waals surface area contributed by atoms with Crippen molar-refractivity contribution in [2.75, 3.05) is 0 Å². The van der Waals surface area contributed by atoms with Crippen LogP contribution in [0.1, 0.15) is 40.2 Å². The van der Waals surface area contributed by atoms with Gasteiger partial charge in [-0.15, -0.1) is 0 Å². The van der Waals surface area contributed by atoms with Gasteiger partial charge in [0.1, 0.15) is 5.56 Å². The van der Waals surface area contributed by atoms with Gasteiger partial charge in [-0.05, 0) is 36.2 Å². The summed E-state index contributed by atoms with van der Waals surface area (Å²) < 4.78 is 5.26. The molecule has 0 saturated heterocycles. The van der Waals surface area contributed by atoms with Crippen molar-refractivity contribution >= 4 is 29.1 Å². The van der Waals surface area contributed by atoms with Crippen LogP contribution in [0.5, 0.6) is 0 Å². The Morgan fingerprint density at radius 3 is 2.72 bits per heavy atom. The van der Waals surface area contributed by atoms with Crippen molar-refractivity contribution in [2.45, 2.75) is 19.4 Å². The Labute approximate surface area is 155 Å². The normalized spacial score (nSPS) is 12.0. The standard InChI is InChI=1S/C19H16Cl2N2O2/c1-12(15-10-14(20)7-8-17(15)21)23-19(24)16-11-22-25-18(16)9-13-5-3-2-4-6-13/h2-8,10-12H,9H2,1H3,(H,23,24)/t12-/m0/s1. The molecule has 6 heteroatoms. The lowest BCUT2D eigenvalue weighted by Crippen LogP contribution is -2.27. The van der Waals surface area contributed by atoms with Gasteiger partial charge in [-0.25, -0.2) is 0 Å². The van der Waals surface area contributed by atoms with Crippen LogP contribution in [-0.2, 0) is 6.42 Å². The van der Waals surface area contributed by atoms with Crippen molar-refractivity contribution in [1.82, 2.24) is 10.5 Å². The van der Waals surface area contributed by atoms with Crippen LogP contribution in [0, 0.1) is 0 Å². The van der Waals surface area contributed by atoms with E-state index in [-0.39, 0.29) is 11.9 Å². The zero-order chi connectivity index (χ0) is 17.8. The molecule has 1 aromatic heterocycles. The molecule has 1 amide bonds. The van der Waals surface area contributed by atoms with Crippen LogP contribution in [0.3, 0.4) is 0 Å². The largest absolute Gasteiger partial charge is 0.360 e. The predicted octanol–water partition coefficient (Wildman–Crippen LogP) is 5.06. The van der Waals surface area contributed by atoms with Crippen molar-refractivity contribution in [3.05, 3.63) is 87.2 Å². The van der Waals surface area contributed by atoms with E-state index in [1.807, 2.05) is 37.3 Å². The minimum Gasteiger partial charge on any atom is -0.360 e. The smallest absolute Gasteiger partial charge is 0.257 e. The molecule has 0 fully saturated rings. The molecular weight excluding hydrogens is 359 g/mol. The average Bonchev–Trinajstić information content (AvgIpc) is 3.06. The number of benzene rings is 2. The molecule has 0 aliphatic carbocycles. The van der Waals surface area contributed by atoms with Crippen LogP contribution in [-0.4, -0.2) is 11.1 Å². The van der Waals surface area contributed by atoms with Gasteiger partial charge in [0.15, 0.2) is 5.76 Å². The minimum absolute atomic E-state index is 0.268. The first-order chi connectivity index (χ1) is 12.0. The summed E-state index contributed by atoms with van der Waals surface area (Å²) in [5, 5.41) is 7.79. The van der Waals surface area contributed by atoms with Crippen molar-refractivity contribution in [1.29, 1.82) is 0 Å². The van der Waals surface area contributed by atoms with Gasteiger partial charge in [-0.3, -0.25) is 4.79 Å². The lowest BCUT2D eigenvalue weighted by molar-refractivity contribution is 0.0938. The highest BCUT2D eigenvalue weighted by Crippen LogP contribution is 2.26. The number of nitrogens with one attached hydrogen (secondary N) is 1. The van der Waals surface area contributed by atoms with Gasteiger partial charge >= 0.3 is 0 Å². The average molecular weight is 375 g/mol. The summed E-state index contributed by atoms with van der Waals surface area (Å²) in [7, 11) is 0. The Hall–Kier alpha value is -2.30. The number of aromatic nitrogens is 1. The van der Waals surface area contributed by atoms with E-state index >= 15 is 0 Å². The molecule has 1 N–H and O–H groups in total. The molecule has 0 unspecified atom stereocenters. The molecule has 0 radical (unpaired) electrons. The molecule has 128 valence electrons. The van der Waals surface area contributed by atoms with Crippen molar-refractivity contribution in [3.8, 4) is 0 Å². The van der Waals surface area contributed by atoms with E-state index in [1.54, 1.807) is 18.2 Å². The van der Waals surface area contributed by atoms with Gasteiger partial charge in [0.25, 0.3) is 5.91 Å². The van der Waals surface area contributed by atoms with Crippen LogP contribution in [0.15, 0.2) is 59.3 Å². The summed E-state index contributed by atoms with van der Waals surface area (Å²) in [6, 6.07) is 14.6. The second kappa shape index (κ2) is 7.72. The Morgan fingerprint density at radius 2 is 1.96 bits per heavy atom. The summed E-state index contributed by atoms with van der Waals surface area (Å²) in [4.78, 5) is 12.6. The summed E-state index contributed by atoms with van der Waals surface area (Å²) in [5.74, 6) is 0.254. The van der Waals surface area contributed by atoms with E-state index in [0.717, 1.165) is 11.1 Å². The van der Waals surface area contributed by atoms with Gasteiger partial charge in [0.05, 0.1) is 12.2 Å². The predicted molar refractivity (Wildman–Crippen MR) is 98.1 cm³/mol. The number of hydrogen-bond donors (Lipinski definition) is 1. The second-order valence-electron chi connectivity index (χ2n) is 5.69. The van der Waals surface area contributed by atoms with Crippen molar-refractivity contribution in [3.63, 3.8) is 0 Å². The molecule has 25 heavy (non-hydrogen) atoms. The first-order valence-corrected chi connectivity index (χ1v) is 8.53. The SMILES string of the molecule is C[C@H](NC(=O)c1cnoc1Cc1ccccc1)c1cc(Cl)ccc1Cl. The molecule has 0 aliphatic rings. The molecule has 3 rings (SSSR count). The second-order valence-corrected chi connectivity index (χ2v) is 6.53. The molecule has 0 saturated carbocycles. The maximum atomic E-state index is 12.6. The van der Waals surface area contributed by atoms with Gasteiger partial charge < -0.3 is 9.84 Å². The highest BCUT2D eigenvalue weighted by atomic mass is 35.5. The Balaban J connectivity index is 1.76. The minimum atomic E-state index is -0.307. The third-order valence-corrected chi connectivity index (χ3v) is 4.45. The fourth-order valence-corrected chi connectivity index (χ4v) is 3.02. The number of rotatable bonds is 5. The lowest BCUT2D eigenvalue weighted by atomic mass is 10.1. The summed E-state index contributed by atoms with van der Waals surface area (Å²) >= 11 is 12.2. The van der Waals surface area contributed by atoms with Crippen LogP contribution in [0.4, 0.5) is 0 Å². The number of hydrogen-bond acceptors (Lipinski definition) is 3. The molecule has 0 bridgehead atoms. The first kappa shape index (κ1) is 17.5. The third kappa shape index (κ3) is 4.21. The van der Waals surface area contributed by atoms with Gasteiger partial charge in [0.2, 0.25) is 0 Å². The Morgan fingerprint density at radius 1 is 1.20 bits per heavy atom. The highest BCUT2D eigenvalue weighted by Gasteiger charge is 2.20. The zero-order valence-electron chi connectivity index (χ0n) is 13.5. The molecule has 1 heterocycles. The van der Waals surface area contributed by atoms with Gasteiger partial charge in [0, 0.05) is 16.5 Å². The monoisotopic (exact) mass is 374 g/mol. The number of amides is 1. The fourth-order valence-electron chi connectivity index (χ4n) is 2.56. The van der Waals surface area contributed by atoms with E-state index in [2.05, 4.69) is 10.5 Å². The molecule has 4 nitrogen and oxygen atoms in total. The lowest BCUT2D eigenvalue weighted by Gasteiger charge is -2.16. The number of nitrogens with zero attached hydrogens (tertiary/aromatic N) is 1. The van der Waals surface area contributed by atoms with Crippen molar-refractivity contribution < 1.29 is 9.32 Å². The van der Waals surface area contributed by atoms with E-state index in [0.29, 0.717) is 27.8 Å². The van der Waals surface area contributed by atoms with Crippen LogP contribution in [0.25, 0.3) is 0 Å². The summed E-state index contributed by atoms with van der Waals surface area (Å²) in [6.07, 6.45) is 1.93. The third-order valence-electron chi connectivity index (χ3n) is 3.87. The zero-order valence-corrected chi connectivity index (χ0v) is 15.0. The van der Waals surface area contributed by atoms with Gasteiger partial charge in [-0.2, -0.15) is 0 Å². The van der Waals surface area contributed by atoms with E-state index < -0.39 is 0 Å². The highest BCUT2D eigenvalue weighted by molar-refractivity contribution is 6.33. The van der Waals surface area contributed by atoms with E-state index in [4.69, 9.17) is 27.7 Å². The molecule has 3 aromatic rings. The quantitative estimate of drug-likeness (QED) is 0.678. The fraction of sp³-hybridized carbons (Fsp3) is 0.158. The summed E-state index contributed by atoms with van der Waals surface area (Å²) in [6.45, 7) is 1.85. The molecule has 0 spiro atoms. The molecule has 0 aliphatic heterocycles. The number of carbonyl (C=O) groups excluding carboxylic acids is 1. The maximum absolute atomic E-state index is 12.6. The molecular formula is C19H16Cl2N2O2. The molecule has 1 atom stereocenters. The number of halogens is 2. The Kier molecular flexibility index (Phi) is 5.41. The van der Waals surface area contributed by atoms with Crippen LogP contribution in [0.2, 0.25) is 10.0 Å². The van der Waals surface area contributed by atoms with Crippen LogP contribution >= 0.6 is 23.2 Å². The van der Waals surface area contributed by atoms with Crippen molar-refractivity contribution in [2.24, 2.45) is 0 Å². The summed E-state index contributed by atoms with van der Waals surface area (Å²) in [5.41, 5.74) is 2.21. The Bertz CT molecular complexity index is 878. The molecule has 2 aromatic carbocycles. The van der Waals surface area contributed by atoms with E-state index in [1.165, 1.54) is 6.20 Å². The van der Waals surface area contributed by atoms with Gasteiger partial charge in [-0.1, -0.05) is 58.7 Å². The van der Waals surface area contributed by atoms with Crippen LogP contribution < -0.4 is 5.32 Å². The number of carbonyl (C=O) groups is 1. The first-order valence-electron chi connectivity index (χ1n) is 7.78. The van der Waals surface area contributed by atoms with E-state index in [9.17, 15) is 4.79 Å². The maximum Gasteiger partial charge on any atom is 0.257 e. The topological polar surface area (TPSA) is 55.1 Å².